The van der Waals surface area contributed by atoms with Crippen LogP contribution in [-0.4, -0.2) is 10.9 Å². The van der Waals surface area contributed by atoms with Gasteiger partial charge in [0.2, 0.25) is 16.9 Å². The summed E-state index contributed by atoms with van der Waals surface area (Å²) in [7, 11) is 0. The molecule has 63 heavy (non-hydrogen) atoms. The quantitative estimate of drug-likeness (QED) is 0.0956. The molecule has 0 bridgehead atoms. The van der Waals surface area contributed by atoms with Crippen molar-refractivity contribution in [2.24, 2.45) is 0 Å². The minimum Gasteiger partial charge on any atom is -0.181 e. The Labute approximate surface area is 363 Å². The lowest BCUT2D eigenvalue weighted by Crippen LogP contribution is -2.74. The summed E-state index contributed by atoms with van der Waals surface area (Å²) in [5.74, 6) is 1.17. The summed E-state index contributed by atoms with van der Waals surface area (Å²) in [6.07, 6.45) is 2.31. The average Bonchev–Trinajstić information content (AvgIpc) is 3.59. The fourth-order valence-corrected chi connectivity index (χ4v) is 13.3. The zero-order valence-corrected chi connectivity index (χ0v) is 34.1. The molecule has 9 aromatic carbocycles. The Balaban J connectivity index is 1.16. The number of pyridine rings is 1. The number of para-hydroxylation sites is 5. The third-order valence-corrected chi connectivity index (χ3v) is 15.3. The minimum atomic E-state index is -0.0723. The summed E-state index contributed by atoms with van der Waals surface area (Å²) >= 11 is 0. The van der Waals surface area contributed by atoms with Crippen molar-refractivity contribution >= 4 is 66.7 Å². The largest absolute Gasteiger partial charge is 0.498 e. The van der Waals surface area contributed by atoms with Crippen LogP contribution in [0.15, 0.2) is 219 Å². The van der Waals surface area contributed by atoms with Crippen LogP contribution in [0.4, 0.5) is 34.1 Å². The number of aromatic nitrogens is 2. The Hall–Kier alpha value is -7.93. The van der Waals surface area contributed by atoms with Crippen molar-refractivity contribution in [3.63, 3.8) is 0 Å². The molecule has 4 unspecified atom stereocenters. The molecule has 11 aromatic rings. The third-order valence-electron chi connectivity index (χ3n) is 15.3. The molecule has 2 aromatic heterocycles. The van der Waals surface area contributed by atoms with E-state index in [0.717, 1.165) is 0 Å². The van der Waals surface area contributed by atoms with E-state index in [4.69, 9.17) is 0 Å². The summed E-state index contributed by atoms with van der Waals surface area (Å²) in [4.78, 5) is 0. The smallest absolute Gasteiger partial charge is 0.181 e. The molecule has 5 aliphatic rings. The highest BCUT2D eigenvalue weighted by atomic mass is 16.2. The van der Waals surface area contributed by atoms with E-state index in [1.807, 2.05) is 0 Å². The maximum absolute atomic E-state index is 2.66. The summed E-state index contributed by atoms with van der Waals surface area (Å²) in [6, 6.07) is 80.4. The zero-order chi connectivity index (χ0) is 40.8. The van der Waals surface area contributed by atoms with E-state index < -0.39 is 0 Å². The van der Waals surface area contributed by atoms with Gasteiger partial charge in [0.15, 0.2) is 6.20 Å². The molecule has 0 amide bonds. The first-order chi connectivity index (χ1) is 31.3. The van der Waals surface area contributed by atoms with Gasteiger partial charge in [0.1, 0.15) is 5.52 Å². The lowest BCUT2D eigenvalue weighted by atomic mass is 9.90. The van der Waals surface area contributed by atoms with Gasteiger partial charge in [-0.1, -0.05) is 127 Å². The monoisotopic (exact) mass is 803 g/mol. The molecular weight excluding hydrogens is 767 g/mol. The average molecular weight is 804 g/mol. The van der Waals surface area contributed by atoms with E-state index in [9.17, 15) is 0 Å². The van der Waals surface area contributed by atoms with Gasteiger partial charge in [-0.15, -0.1) is 0 Å². The Morgan fingerprint density at radius 1 is 0.381 bits per heavy atom. The molecule has 290 valence electrons. The van der Waals surface area contributed by atoms with Crippen LogP contribution in [0.2, 0.25) is 0 Å². The van der Waals surface area contributed by atoms with Crippen LogP contribution >= 0.6 is 0 Å². The summed E-state index contributed by atoms with van der Waals surface area (Å²) < 4.78 is 7.09. The van der Waals surface area contributed by atoms with E-state index in [-0.39, 0.29) is 6.29 Å². The maximum atomic E-state index is 2.66. The summed E-state index contributed by atoms with van der Waals surface area (Å²) in [6.45, 7) is 0. The van der Waals surface area contributed by atoms with Crippen LogP contribution in [0, 0.1) is 0 Å². The number of nitrogens with zero attached hydrogens (tertiary/aromatic N) is 5. The fraction of sp³-hybridized carbons (Fsp3) is 0.0172. The predicted molar refractivity (Wildman–Crippen MR) is 257 cm³/mol. The number of rotatable bonds is 3. The molecule has 5 aliphatic heterocycles. The second-order valence-electron chi connectivity index (χ2n) is 17.9. The number of hydrogen-bond acceptors (Lipinski definition) is 0. The van der Waals surface area contributed by atoms with Gasteiger partial charge in [0.05, 0.1) is 11.1 Å². The van der Waals surface area contributed by atoms with E-state index in [0.29, 0.717) is 13.8 Å². The molecule has 16 rings (SSSR count). The fourth-order valence-electron chi connectivity index (χ4n) is 13.3. The number of fused-ring (bicyclic) bond motifs is 12. The molecule has 7 heterocycles. The van der Waals surface area contributed by atoms with Crippen LogP contribution in [0.5, 0.6) is 0 Å². The first-order valence-electron chi connectivity index (χ1n) is 22.1. The summed E-state index contributed by atoms with van der Waals surface area (Å²) in [5, 5.41) is 5.08. The lowest BCUT2D eigenvalue weighted by molar-refractivity contribution is -0.793. The molecule has 4 atom stereocenters. The van der Waals surface area contributed by atoms with E-state index in [1.54, 1.807) is 0 Å². The van der Waals surface area contributed by atoms with Gasteiger partial charge in [-0.2, -0.15) is 4.57 Å². The van der Waals surface area contributed by atoms with E-state index >= 15 is 0 Å². The van der Waals surface area contributed by atoms with Gasteiger partial charge in [-0.25, -0.2) is 0 Å². The highest BCUT2D eigenvalue weighted by Gasteiger charge is 3.11. The predicted octanol–water partition coefficient (Wildman–Crippen LogP) is 14.1. The number of quaternary nitrogens is 3. The van der Waals surface area contributed by atoms with Crippen molar-refractivity contribution in [1.29, 1.82) is 0 Å². The first-order valence-corrected chi connectivity index (χ1v) is 22.1. The molecule has 1 fully saturated rings. The summed E-state index contributed by atoms with van der Waals surface area (Å²) in [5.41, 5.74) is 20.8. The lowest BCUT2D eigenvalue weighted by Gasteiger charge is -2.35. The van der Waals surface area contributed by atoms with Gasteiger partial charge in [0.25, 0.3) is 22.7 Å². The second kappa shape index (κ2) is 10.9. The van der Waals surface area contributed by atoms with Crippen molar-refractivity contribution in [1.82, 2.24) is 18.3 Å². The second-order valence-corrected chi connectivity index (χ2v) is 17.9. The molecule has 0 aliphatic carbocycles. The van der Waals surface area contributed by atoms with Crippen molar-refractivity contribution < 1.29 is 4.68 Å². The van der Waals surface area contributed by atoms with Crippen molar-refractivity contribution in [3.8, 4) is 50.3 Å². The van der Waals surface area contributed by atoms with Gasteiger partial charge >= 0.3 is 12.1 Å². The van der Waals surface area contributed by atoms with Gasteiger partial charge in [-0.05, 0) is 98.4 Å². The van der Waals surface area contributed by atoms with E-state index in [2.05, 4.69) is 228 Å². The van der Waals surface area contributed by atoms with Crippen LogP contribution in [0.3, 0.4) is 0 Å². The normalized spacial score (nSPS) is 22.0. The molecule has 5 heteroatoms. The van der Waals surface area contributed by atoms with Gasteiger partial charge in [-0.3, -0.25) is 0 Å². The molecule has 2 spiro atoms. The molecule has 1 saturated heterocycles. The van der Waals surface area contributed by atoms with Crippen LogP contribution < -0.4 is 18.5 Å². The highest BCUT2D eigenvalue weighted by molar-refractivity contribution is 6.21. The standard InChI is InChI=1S/C58H37N5/c1-3-17-37(18-4-1)41-24-15-25-42(38-19-5-2-6-20-38)55(41)63-51-29-12-11-28-50(51)62(63)52-30-16-26-45-47-35-39-21-7-8-22-40(39)36-48(47)46-33-32-44-43-23-9-10-27-49(43)60-53-31-13-14-34-59(53)61(56(45)52,58(62)63)57(46)54(44)60/h1-36,58H/q+4. The Kier molecular flexibility index (Phi) is 5.69. The number of hydrogen-bond donors (Lipinski definition) is 0. The molecular formula is C58H37N5+4. The van der Waals surface area contributed by atoms with Crippen LogP contribution in [0.25, 0.3) is 82.9 Å². The Morgan fingerprint density at radius 2 is 0.952 bits per heavy atom. The van der Waals surface area contributed by atoms with Gasteiger partial charge < -0.3 is 0 Å². The van der Waals surface area contributed by atoms with Crippen LogP contribution in [-0.2, 0) is 0 Å². The Bertz CT molecular complexity index is 3830. The Morgan fingerprint density at radius 3 is 1.68 bits per heavy atom. The van der Waals surface area contributed by atoms with Crippen molar-refractivity contribution in [2.45, 2.75) is 6.29 Å². The number of benzene rings is 9. The maximum Gasteiger partial charge on any atom is 0.498 e. The first kappa shape index (κ1) is 32.8. The molecule has 0 N–H and O–H groups in total. The minimum absolute atomic E-state index is 0.0723. The SMILES string of the molecule is c1ccc(-c2cccc(-c3ccccc3)c2[N+]23c4ccccc4[N+]24c2cccc5c2[N+]2(c6c(ccc7c8ccccc8n(c67)-c6cccc[n+]62)-c2cc6ccccc6cc2-5)C43)cc1. The van der Waals surface area contributed by atoms with E-state index in [1.165, 1.54) is 117 Å². The van der Waals surface area contributed by atoms with Crippen molar-refractivity contribution in [3.05, 3.63) is 219 Å². The third kappa shape index (κ3) is 3.39. The van der Waals surface area contributed by atoms with Crippen LogP contribution in [0.1, 0.15) is 0 Å². The van der Waals surface area contributed by atoms with Gasteiger partial charge in [0, 0.05) is 59.9 Å². The molecule has 5 nitrogen and oxygen atoms in total. The zero-order valence-electron chi connectivity index (χ0n) is 34.1. The topological polar surface area (TPSA) is 8.81 Å². The van der Waals surface area contributed by atoms with Crippen molar-refractivity contribution in [2.75, 3.05) is 0 Å². The molecule has 0 saturated carbocycles. The molecule has 0 radical (unpaired) electrons. The highest BCUT2D eigenvalue weighted by Crippen LogP contribution is 2.86.